The van der Waals surface area contributed by atoms with Gasteiger partial charge in [0.05, 0.1) is 10.0 Å². The second-order valence-electron chi connectivity index (χ2n) is 4.04. The SMILES string of the molecule is Fc1ccc(F)c(Oc2c(F)cc(C(F)(F)F)cc2F)c1Br. The number of alkyl halides is 3. The zero-order valence-corrected chi connectivity index (χ0v) is 11.8. The Morgan fingerprint density at radius 2 is 1.27 bits per heavy atom. The monoisotopic (exact) mass is 388 g/mol. The van der Waals surface area contributed by atoms with Gasteiger partial charge in [-0.1, -0.05) is 0 Å². The van der Waals surface area contributed by atoms with Crippen LogP contribution in [0.1, 0.15) is 5.56 Å². The molecule has 0 atom stereocenters. The second-order valence-corrected chi connectivity index (χ2v) is 4.83. The largest absolute Gasteiger partial charge is 0.447 e. The Morgan fingerprint density at radius 1 is 0.773 bits per heavy atom. The molecule has 0 aliphatic heterocycles. The van der Waals surface area contributed by atoms with Gasteiger partial charge in [-0.15, -0.1) is 0 Å². The van der Waals surface area contributed by atoms with Gasteiger partial charge in [0.15, 0.2) is 29.0 Å². The molecule has 0 radical (unpaired) electrons. The predicted octanol–water partition coefficient (Wildman–Crippen LogP) is 5.82. The van der Waals surface area contributed by atoms with Gasteiger partial charge in [-0.3, -0.25) is 0 Å². The fourth-order valence-electron chi connectivity index (χ4n) is 1.53. The number of benzene rings is 2. The normalized spacial score (nSPS) is 11.6. The molecule has 1 nitrogen and oxygen atoms in total. The molecule has 0 unspecified atom stereocenters. The van der Waals surface area contributed by atoms with Gasteiger partial charge >= 0.3 is 6.18 Å². The Morgan fingerprint density at radius 3 is 1.77 bits per heavy atom. The minimum Gasteiger partial charge on any atom is -0.447 e. The van der Waals surface area contributed by atoms with Gasteiger partial charge in [-0.2, -0.15) is 13.2 Å². The van der Waals surface area contributed by atoms with Crippen molar-refractivity contribution in [3.8, 4) is 11.5 Å². The number of ether oxygens (including phenoxy) is 1. The summed E-state index contributed by atoms with van der Waals surface area (Å²) in [5, 5.41) is 0. The lowest BCUT2D eigenvalue weighted by molar-refractivity contribution is -0.138. The molecular weight excluding hydrogens is 385 g/mol. The number of rotatable bonds is 2. The Hall–Kier alpha value is -1.77. The lowest BCUT2D eigenvalue weighted by Crippen LogP contribution is -2.07. The zero-order chi connectivity index (χ0) is 16.7. The topological polar surface area (TPSA) is 9.23 Å². The van der Waals surface area contributed by atoms with E-state index in [-0.39, 0.29) is 12.1 Å². The highest BCUT2D eigenvalue weighted by molar-refractivity contribution is 9.10. The van der Waals surface area contributed by atoms with Gasteiger partial charge in [0, 0.05) is 0 Å². The summed E-state index contributed by atoms with van der Waals surface area (Å²) in [5.41, 5.74) is -1.58. The summed E-state index contributed by atoms with van der Waals surface area (Å²) in [4.78, 5) is 0. The van der Waals surface area contributed by atoms with Crippen LogP contribution in [0.5, 0.6) is 11.5 Å². The van der Waals surface area contributed by atoms with Gasteiger partial charge in [0.1, 0.15) is 5.82 Å². The lowest BCUT2D eigenvalue weighted by atomic mass is 10.2. The molecule has 0 spiro atoms. The Balaban J connectivity index is 2.50. The van der Waals surface area contributed by atoms with E-state index in [4.69, 9.17) is 0 Å². The minimum absolute atomic E-state index is 0.0104. The van der Waals surface area contributed by atoms with Crippen molar-refractivity contribution in [3.05, 3.63) is 57.6 Å². The van der Waals surface area contributed by atoms with E-state index in [1.165, 1.54) is 0 Å². The summed E-state index contributed by atoms with van der Waals surface area (Å²) < 4.78 is 95.1. The molecule has 0 aromatic heterocycles. The third-order valence-corrected chi connectivity index (χ3v) is 3.27. The number of halogens is 8. The minimum atomic E-state index is -4.97. The molecule has 0 aliphatic carbocycles. The van der Waals surface area contributed by atoms with Crippen molar-refractivity contribution in [2.24, 2.45) is 0 Å². The van der Waals surface area contributed by atoms with Crippen molar-refractivity contribution in [3.63, 3.8) is 0 Å². The van der Waals surface area contributed by atoms with Gasteiger partial charge in [-0.05, 0) is 40.2 Å². The van der Waals surface area contributed by atoms with Crippen LogP contribution in [-0.2, 0) is 6.18 Å². The highest BCUT2D eigenvalue weighted by Crippen LogP contribution is 2.39. The van der Waals surface area contributed by atoms with Gasteiger partial charge in [0.2, 0.25) is 0 Å². The number of hydrogen-bond acceptors (Lipinski definition) is 1. The maximum absolute atomic E-state index is 13.6. The van der Waals surface area contributed by atoms with E-state index in [0.29, 0.717) is 6.07 Å². The van der Waals surface area contributed by atoms with Crippen molar-refractivity contribution in [1.82, 2.24) is 0 Å². The first-order valence-corrected chi connectivity index (χ1v) is 6.28. The Labute approximate surface area is 127 Å². The predicted molar refractivity (Wildman–Crippen MR) is 65.5 cm³/mol. The third kappa shape index (κ3) is 3.18. The summed E-state index contributed by atoms with van der Waals surface area (Å²) in [6.45, 7) is 0. The molecule has 118 valence electrons. The Kier molecular flexibility index (Phi) is 4.37. The van der Waals surface area contributed by atoms with Gasteiger partial charge < -0.3 is 4.74 Å². The third-order valence-electron chi connectivity index (χ3n) is 2.53. The molecule has 2 rings (SSSR count). The summed E-state index contributed by atoms with van der Waals surface area (Å²) in [6.07, 6.45) is -4.97. The van der Waals surface area contributed by atoms with E-state index in [1.807, 2.05) is 0 Å². The Bertz CT molecular complexity index is 704. The van der Waals surface area contributed by atoms with E-state index in [2.05, 4.69) is 20.7 Å². The molecule has 2 aromatic rings. The van der Waals surface area contributed by atoms with E-state index in [0.717, 1.165) is 6.07 Å². The zero-order valence-electron chi connectivity index (χ0n) is 10.2. The highest BCUT2D eigenvalue weighted by atomic mass is 79.9. The second kappa shape index (κ2) is 5.79. The summed E-state index contributed by atoms with van der Waals surface area (Å²) in [6, 6.07) is 1.34. The molecule has 2 aromatic carbocycles. The van der Waals surface area contributed by atoms with Crippen LogP contribution in [-0.4, -0.2) is 0 Å². The average molecular weight is 389 g/mol. The molecule has 0 saturated heterocycles. The molecule has 0 aliphatic rings. The van der Waals surface area contributed by atoms with Crippen molar-refractivity contribution < 1.29 is 35.5 Å². The fraction of sp³-hybridized carbons (Fsp3) is 0.0769. The maximum atomic E-state index is 13.6. The molecule has 22 heavy (non-hydrogen) atoms. The van der Waals surface area contributed by atoms with Crippen LogP contribution in [0.4, 0.5) is 30.7 Å². The van der Waals surface area contributed by atoms with Crippen molar-refractivity contribution >= 4 is 15.9 Å². The molecule has 0 saturated carbocycles. The van der Waals surface area contributed by atoms with E-state index >= 15 is 0 Å². The van der Waals surface area contributed by atoms with Gasteiger partial charge in [0.25, 0.3) is 0 Å². The van der Waals surface area contributed by atoms with Crippen LogP contribution in [0.15, 0.2) is 28.7 Å². The summed E-state index contributed by atoms with van der Waals surface area (Å²) >= 11 is 2.62. The van der Waals surface area contributed by atoms with Crippen LogP contribution in [0.25, 0.3) is 0 Å². The van der Waals surface area contributed by atoms with Crippen LogP contribution < -0.4 is 4.74 Å². The van der Waals surface area contributed by atoms with Crippen LogP contribution in [0.3, 0.4) is 0 Å². The molecular formula is C13H4BrF7O. The molecule has 9 heteroatoms. The van der Waals surface area contributed by atoms with Crippen LogP contribution >= 0.6 is 15.9 Å². The van der Waals surface area contributed by atoms with Crippen molar-refractivity contribution in [2.45, 2.75) is 6.18 Å². The maximum Gasteiger partial charge on any atom is 0.416 e. The van der Waals surface area contributed by atoms with Gasteiger partial charge in [-0.25, -0.2) is 17.6 Å². The molecule has 0 amide bonds. The molecule has 0 N–H and O–H groups in total. The fourth-order valence-corrected chi connectivity index (χ4v) is 1.93. The quantitative estimate of drug-likeness (QED) is 0.465. The van der Waals surface area contributed by atoms with Crippen molar-refractivity contribution in [1.29, 1.82) is 0 Å². The van der Waals surface area contributed by atoms with Crippen molar-refractivity contribution in [2.75, 3.05) is 0 Å². The molecule has 0 bridgehead atoms. The standard InChI is InChI=1S/C13H4BrF7O/c14-10-6(15)1-2-7(16)12(10)22-11-8(17)3-5(4-9(11)18)13(19,20)21/h1-4H. The average Bonchev–Trinajstić information content (AvgIpc) is 2.40. The first kappa shape index (κ1) is 16.6. The first-order valence-electron chi connectivity index (χ1n) is 5.49. The highest BCUT2D eigenvalue weighted by Gasteiger charge is 2.33. The van der Waals surface area contributed by atoms with Crippen LogP contribution in [0.2, 0.25) is 0 Å². The van der Waals surface area contributed by atoms with E-state index in [1.54, 1.807) is 0 Å². The van der Waals surface area contributed by atoms with Crippen LogP contribution in [0, 0.1) is 23.3 Å². The lowest BCUT2D eigenvalue weighted by Gasteiger charge is -2.13. The smallest absolute Gasteiger partial charge is 0.416 e. The van der Waals surface area contributed by atoms with E-state index in [9.17, 15) is 30.7 Å². The van der Waals surface area contributed by atoms with E-state index < -0.39 is 51.0 Å². The first-order chi connectivity index (χ1) is 10.1. The molecule has 0 heterocycles. The summed E-state index contributed by atoms with van der Waals surface area (Å²) in [5.74, 6) is -7.72. The molecule has 0 fully saturated rings. The number of hydrogen-bond donors (Lipinski definition) is 0. The summed E-state index contributed by atoms with van der Waals surface area (Å²) in [7, 11) is 0.